The Labute approximate surface area is 147 Å². The highest BCUT2D eigenvalue weighted by Gasteiger charge is 2.33. The van der Waals surface area contributed by atoms with Crippen molar-refractivity contribution < 1.29 is 19.1 Å². The molecule has 3 atom stereocenters. The van der Waals surface area contributed by atoms with E-state index in [1.54, 1.807) is 10.7 Å². The van der Waals surface area contributed by atoms with Crippen molar-refractivity contribution in [3.63, 3.8) is 0 Å². The predicted molar refractivity (Wildman–Crippen MR) is 90.0 cm³/mol. The molecule has 0 aliphatic carbocycles. The Morgan fingerprint density at radius 3 is 2.60 bits per heavy atom. The summed E-state index contributed by atoms with van der Waals surface area (Å²) in [4.78, 5) is 28.6. The Kier molecular flexibility index (Phi) is 5.10. The first-order chi connectivity index (χ1) is 11.9. The molecule has 1 fully saturated rings. The first kappa shape index (κ1) is 17.9. The molecule has 8 nitrogen and oxygen atoms in total. The van der Waals surface area contributed by atoms with Crippen LogP contribution in [-0.4, -0.2) is 76.5 Å². The van der Waals surface area contributed by atoms with Crippen molar-refractivity contribution in [2.45, 2.75) is 52.1 Å². The van der Waals surface area contributed by atoms with Crippen LogP contribution in [0.3, 0.4) is 0 Å². The van der Waals surface area contributed by atoms with Crippen molar-refractivity contribution in [2.24, 2.45) is 0 Å². The largest absolute Gasteiger partial charge is 0.464 e. The summed E-state index contributed by atoms with van der Waals surface area (Å²) in [5.41, 5.74) is 1.14. The zero-order valence-electron chi connectivity index (χ0n) is 15.3. The van der Waals surface area contributed by atoms with Gasteiger partial charge >= 0.3 is 5.97 Å². The SMILES string of the molecule is COC(=O)c1cc2n(n1)CCN(C(=O)[C@H](C)N1C[C@@H](C)O[C@@H](C)C1)C2. The highest BCUT2D eigenvalue weighted by atomic mass is 16.5. The smallest absolute Gasteiger partial charge is 0.358 e. The summed E-state index contributed by atoms with van der Waals surface area (Å²) in [6, 6.07) is 1.51. The molecule has 0 unspecified atom stereocenters. The lowest BCUT2D eigenvalue weighted by Gasteiger charge is -2.40. The van der Waals surface area contributed by atoms with Gasteiger partial charge in [0.05, 0.1) is 44.1 Å². The molecule has 8 heteroatoms. The Bertz CT molecular complexity index is 649. The van der Waals surface area contributed by atoms with Gasteiger partial charge in [0.2, 0.25) is 5.91 Å². The van der Waals surface area contributed by atoms with E-state index in [-0.39, 0.29) is 29.9 Å². The molecule has 2 aliphatic heterocycles. The molecule has 0 aromatic carbocycles. The Morgan fingerprint density at radius 2 is 1.96 bits per heavy atom. The Balaban J connectivity index is 1.67. The summed E-state index contributed by atoms with van der Waals surface area (Å²) in [7, 11) is 1.34. The monoisotopic (exact) mass is 350 g/mol. The Morgan fingerprint density at radius 1 is 1.28 bits per heavy atom. The number of hydrogen-bond acceptors (Lipinski definition) is 6. The molecule has 25 heavy (non-hydrogen) atoms. The normalized spacial score (nSPS) is 25.4. The van der Waals surface area contributed by atoms with Crippen LogP contribution in [0, 0.1) is 0 Å². The Hall–Kier alpha value is -1.93. The van der Waals surface area contributed by atoms with Crippen molar-refractivity contribution in [1.29, 1.82) is 0 Å². The minimum atomic E-state index is -0.454. The van der Waals surface area contributed by atoms with Gasteiger partial charge in [0, 0.05) is 19.6 Å². The first-order valence-electron chi connectivity index (χ1n) is 8.72. The van der Waals surface area contributed by atoms with E-state index < -0.39 is 5.97 Å². The van der Waals surface area contributed by atoms with E-state index in [2.05, 4.69) is 10.00 Å². The fourth-order valence-corrected chi connectivity index (χ4v) is 3.61. The van der Waals surface area contributed by atoms with E-state index in [1.807, 2.05) is 25.7 Å². The van der Waals surface area contributed by atoms with Gasteiger partial charge in [-0.1, -0.05) is 0 Å². The van der Waals surface area contributed by atoms with E-state index >= 15 is 0 Å². The fraction of sp³-hybridized carbons (Fsp3) is 0.706. The third kappa shape index (κ3) is 3.69. The van der Waals surface area contributed by atoms with Gasteiger partial charge in [-0.3, -0.25) is 14.4 Å². The molecule has 0 N–H and O–H groups in total. The zero-order chi connectivity index (χ0) is 18.1. The van der Waals surface area contributed by atoms with Crippen molar-refractivity contribution in [3.05, 3.63) is 17.5 Å². The number of methoxy groups -OCH3 is 1. The standard InChI is InChI=1S/C17H26N4O4/c1-11-8-20(9-12(2)25-11)13(3)16(22)19-5-6-21-14(10-19)7-15(18-21)17(23)24-4/h7,11-13H,5-6,8-10H2,1-4H3/t11-,12+,13-/m0/s1. The van der Waals surface area contributed by atoms with Crippen LogP contribution in [0.5, 0.6) is 0 Å². The number of morpholine rings is 1. The number of aromatic nitrogens is 2. The van der Waals surface area contributed by atoms with Crippen LogP contribution in [0.1, 0.15) is 37.0 Å². The predicted octanol–water partition coefficient (Wildman–Crippen LogP) is 0.510. The van der Waals surface area contributed by atoms with Crippen molar-refractivity contribution in [1.82, 2.24) is 19.6 Å². The quantitative estimate of drug-likeness (QED) is 0.740. The lowest BCUT2D eigenvalue weighted by molar-refractivity contribution is -0.143. The molecule has 0 saturated carbocycles. The molecule has 1 saturated heterocycles. The van der Waals surface area contributed by atoms with Crippen LogP contribution in [0.2, 0.25) is 0 Å². The summed E-state index contributed by atoms with van der Waals surface area (Å²) in [5.74, 6) is -0.349. The van der Waals surface area contributed by atoms with Gasteiger partial charge in [-0.2, -0.15) is 5.10 Å². The van der Waals surface area contributed by atoms with Crippen LogP contribution in [-0.2, 0) is 27.4 Å². The summed E-state index contributed by atoms with van der Waals surface area (Å²) in [6.45, 7) is 9.18. The number of ether oxygens (including phenoxy) is 2. The van der Waals surface area contributed by atoms with Crippen molar-refractivity contribution in [3.8, 4) is 0 Å². The average molecular weight is 350 g/mol. The molecule has 1 amide bonds. The van der Waals surface area contributed by atoms with Gasteiger partial charge in [0.1, 0.15) is 0 Å². The third-order valence-electron chi connectivity index (χ3n) is 4.86. The van der Waals surface area contributed by atoms with E-state index in [4.69, 9.17) is 9.47 Å². The number of nitrogens with zero attached hydrogens (tertiary/aromatic N) is 4. The fourth-order valence-electron chi connectivity index (χ4n) is 3.61. The first-order valence-corrected chi connectivity index (χ1v) is 8.72. The highest BCUT2D eigenvalue weighted by molar-refractivity contribution is 5.87. The molecular formula is C17H26N4O4. The van der Waals surface area contributed by atoms with Gasteiger partial charge in [-0.15, -0.1) is 0 Å². The minimum Gasteiger partial charge on any atom is -0.464 e. The second-order valence-corrected chi connectivity index (χ2v) is 6.88. The molecule has 2 aliphatic rings. The van der Waals surface area contributed by atoms with Gasteiger partial charge in [0.15, 0.2) is 5.69 Å². The zero-order valence-corrected chi connectivity index (χ0v) is 15.3. The molecule has 1 aromatic rings. The van der Waals surface area contributed by atoms with Crippen LogP contribution in [0.4, 0.5) is 0 Å². The van der Waals surface area contributed by atoms with Crippen LogP contribution in [0.25, 0.3) is 0 Å². The maximum absolute atomic E-state index is 12.9. The van der Waals surface area contributed by atoms with E-state index in [0.29, 0.717) is 19.6 Å². The van der Waals surface area contributed by atoms with E-state index in [9.17, 15) is 9.59 Å². The van der Waals surface area contributed by atoms with Crippen LogP contribution < -0.4 is 0 Å². The third-order valence-corrected chi connectivity index (χ3v) is 4.86. The number of hydrogen-bond donors (Lipinski definition) is 0. The number of fused-ring (bicyclic) bond motifs is 1. The van der Waals surface area contributed by atoms with Crippen molar-refractivity contribution >= 4 is 11.9 Å². The lowest BCUT2D eigenvalue weighted by Crippen LogP contribution is -2.55. The summed E-state index contributed by atoms with van der Waals surface area (Å²) in [5, 5.41) is 4.25. The number of carbonyl (C=O) groups excluding carboxylic acids is 2. The summed E-state index contributed by atoms with van der Waals surface area (Å²) < 4.78 is 12.2. The maximum atomic E-state index is 12.9. The van der Waals surface area contributed by atoms with Crippen LogP contribution in [0.15, 0.2) is 6.07 Å². The number of esters is 1. The molecule has 0 spiro atoms. The van der Waals surface area contributed by atoms with Gasteiger partial charge in [-0.25, -0.2) is 4.79 Å². The molecule has 1 aromatic heterocycles. The number of rotatable bonds is 3. The van der Waals surface area contributed by atoms with Gasteiger partial charge in [-0.05, 0) is 26.8 Å². The second-order valence-electron chi connectivity index (χ2n) is 6.88. The molecule has 138 valence electrons. The maximum Gasteiger partial charge on any atom is 0.358 e. The van der Waals surface area contributed by atoms with E-state index in [0.717, 1.165) is 18.8 Å². The topological polar surface area (TPSA) is 76.9 Å². The molecule has 0 bridgehead atoms. The molecular weight excluding hydrogens is 324 g/mol. The highest BCUT2D eigenvalue weighted by Crippen LogP contribution is 2.19. The van der Waals surface area contributed by atoms with E-state index in [1.165, 1.54) is 7.11 Å². The second kappa shape index (κ2) is 7.13. The summed E-state index contributed by atoms with van der Waals surface area (Å²) >= 11 is 0. The van der Waals surface area contributed by atoms with Gasteiger partial charge in [0.25, 0.3) is 0 Å². The molecule has 3 rings (SSSR count). The number of carbonyl (C=O) groups is 2. The lowest BCUT2D eigenvalue weighted by atomic mass is 10.1. The average Bonchev–Trinajstić information content (AvgIpc) is 3.02. The summed E-state index contributed by atoms with van der Waals surface area (Å²) in [6.07, 6.45) is 0.258. The molecule has 0 radical (unpaired) electrons. The molecule has 3 heterocycles. The van der Waals surface area contributed by atoms with Crippen molar-refractivity contribution in [2.75, 3.05) is 26.7 Å². The minimum absolute atomic E-state index is 0.105. The number of amides is 1. The van der Waals surface area contributed by atoms with Gasteiger partial charge < -0.3 is 14.4 Å². The van der Waals surface area contributed by atoms with Crippen LogP contribution >= 0.6 is 0 Å².